The van der Waals surface area contributed by atoms with E-state index >= 15 is 0 Å². The zero-order chi connectivity index (χ0) is 9.47. The molecule has 0 fully saturated rings. The van der Waals surface area contributed by atoms with Crippen molar-refractivity contribution in [2.24, 2.45) is 5.73 Å². The van der Waals surface area contributed by atoms with Gasteiger partial charge >= 0.3 is 0 Å². The molecule has 2 aromatic rings. The van der Waals surface area contributed by atoms with Gasteiger partial charge in [-0.1, -0.05) is 0 Å². The van der Waals surface area contributed by atoms with Crippen LogP contribution in [0.2, 0.25) is 0 Å². The number of nitrogens with zero attached hydrogens (tertiary/aromatic N) is 2. The summed E-state index contributed by atoms with van der Waals surface area (Å²) in [5, 5.41) is 0. The highest BCUT2D eigenvalue weighted by molar-refractivity contribution is 5.71. The van der Waals surface area contributed by atoms with E-state index in [2.05, 4.69) is 9.97 Å². The molecular formula is C9H11N3O. The first-order valence-corrected chi connectivity index (χ1v) is 4.06. The van der Waals surface area contributed by atoms with Crippen LogP contribution in [0.3, 0.4) is 0 Å². The number of nitrogens with two attached hydrogens (primary N) is 1. The van der Waals surface area contributed by atoms with Crippen LogP contribution in [0.15, 0.2) is 23.0 Å². The van der Waals surface area contributed by atoms with Crippen molar-refractivity contribution in [1.29, 1.82) is 0 Å². The lowest BCUT2D eigenvalue weighted by Crippen LogP contribution is -2.27. The number of furan rings is 1. The molecule has 0 aromatic carbocycles. The second kappa shape index (κ2) is 2.53. The van der Waals surface area contributed by atoms with Gasteiger partial charge in [0, 0.05) is 6.07 Å². The highest BCUT2D eigenvalue weighted by Crippen LogP contribution is 2.23. The zero-order valence-electron chi connectivity index (χ0n) is 7.61. The van der Waals surface area contributed by atoms with E-state index < -0.39 is 5.54 Å². The van der Waals surface area contributed by atoms with Crippen LogP contribution in [0.1, 0.15) is 19.6 Å². The predicted molar refractivity (Wildman–Crippen MR) is 49.0 cm³/mol. The smallest absolute Gasteiger partial charge is 0.171 e. The van der Waals surface area contributed by atoms with E-state index in [1.54, 1.807) is 6.20 Å². The van der Waals surface area contributed by atoms with E-state index in [1.807, 2.05) is 19.9 Å². The largest absolute Gasteiger partial charge is 0.456 e. The lowest BCUT2D eigenvalue weighted by atomic mass is 10.0. The molecule has 0 aliphatic carbocycles. The van der Waals surface area contributed by atoms with E-state index in [0.717, 1.165) is 11.3 Å². The summed E-state index contributed by atoms with van der Waals surface area (Å²) in [5.41, 5.74) is 6.88. The Morgan fingerprint density at radius 1 is 1.46 bits per heavy atom. The molecule has 2 rings (SSSR count). The van der Waals surface area contributed by atoms with Crippen molar-refractivity contribution in [2.75, 3.05) is 0 Å². The molecule has 0 radical (unpaired) electrons. The Balaban J connectivity index is 2.63. The highest BCUT2D eigenvalue weighted by Gasteiger charge is 2.19. The Labute approximate surface area is 75.8 Å². The minimum Gasteiger partial charge on any atom is -0.456 e. The Kier molecular flexibility index (Phi) is 1.60. The van der Waals surface area contributed by atoms with Crippen molar-refractivity contribution >= 4 is 11.1 Å². The summed E-state index contributed by atoms with van der Waals surface area (Å²) >= 11 is 0. The van der Waals surface area contributed by atoms with E-state index in [4.69, 9.17) is 10.2 Å². The third-order valence-corrected chi connectivity index (χ3v) is 1.83. The summed E-state index contributed by atoms with van der Waals surface area (Å²) in [7, 11) is 0. The maximum atomic E-state index is 5.88. The van der Waals surface area contributed by atoms with Crippen LogP contribution in [-0.4, -0.2) is 9.97 Å². The average Bonchev–Trinajstić information content (AvgIpc) is 2.45. The molecule has 4 nitrogen and oxygen atoms in total. The molecular weight excluding hydrogens is 166 g/mol. The minimum atomic E-state index is -0.472. The molecule has 2 N–H and O–H groups in total. The van der Waals surface area contributed by atoms with E-state index in [0.29, 0.717) is 5.58 Å². The standard InChI is InChI=1S/C9H11N3O/c1-9(2,10)8-3-6-7(13-8)4-11-5-12-6/h3-5H,10H2,1-2H3. The first-order valence-electron chi connectivity index (χ1n) is 4.06. The highest BCUT2D eigenvalue weighted by atomic mass is 16.3. The molecule has 0 atom stereocenters. The lowest BCUT2D eigenvalue weighted by molar-refractivity contribution is 0.413. The number of aromatic nitrogens is 2. The van der Waals surface area contributed by atoms with Gasteiger partial charge in [0.1, 0.15) is 17.6 Å². The van der Waals surface area contributed by atoms with Crippen LogP contribution < -0.4 is 5.73 Å². The number of hydrogen-bond acceptors (Lipinski definition) is 4. The second-order valence-electron chi connectivity index (χ2n) is 3.60. The van der Waals surface area contributed by atoms with E-state index in [1.165, 1.54) is 6.33 Å². The van der Waals surface area contributed by atoms with Crippen molar-refractivity contribution in [2.45, 2.75) is 19.4 Å². The van der Waals surface area contributed by atoms with Gasteiger partial charge < -0.3 is 10.2 Å². The summed E-state index contributed by atoms with van der Waals surface area (Å²) in [6.45, 7) is 3.77. The van der Waals surface area contributed by atoms with Gasteiger partial charge in [-0.25, -0.2) is 9.97 Å². The van der Waals surface area contributed by atoms with Gasteiger partial charge in [-0.15, -0.1) is 0 Å². The molecule has 0 saturated carbocycles. The normalized spacial score (nSPS) is 12.2. The van der Waals surface area contributed by atoms with Crippen molar-refractivity contribution in [3.05, 3.63) is 24.4 Å². The molecule has 0 unspecified atom stereocenters. The van der Waals surface area contributed by atoms with Gasteiger partial charge in [-0.2, -0.15) is 0 Å². The molecule has 68 valence electrons. The fourth-order valence-electron chi connectivity index (χ4n) is 1.10. The first kappa shape index (κ1) is 8.19. The molecule has 2 aromatic heterocycles. The van der Waals surface area contributed by atoms with Crippen LogP contribution in [-0.2, 0) is 5.54 Å². The second-order valence-corrected chi connectivity index (χ2v) is 3.60. The average molecular weight is 177 g/mol. The monoisotopic (exact) mass is 177 g/mol. The van der Waals surface area contributed by atoms with E-state index in [-0.39, 0.29) is 0 Å². The number of fused-ring (bicyclic) bond motifs is 1. The molecule has 4 heteroatoms. The Bertz CT molecular complexity index is 395. The van der Waals surface area contributed by atoms with Gasteiger partial charge in [-0.05, 0) is 13.8 Å². The fourth-order valence-corrected chi connectivity index (χ4v) is 1.10. The van der Waals surface area contributed by atoms with Crippen molar-refractivity contribution < 1.29 is 4.42 Å². The number of rotatable bonds is 1. The van der Waals surface area contributed by atoms with Crippen LogP contribution >= 0.6 is 0 Å². The molecule has 13 heavy (non-hydrogen) atoms. The number of hydrogen-bond donors (Lipinski definition) is 1. The first-order chi connectivity index (χ1) is 6.07. The molecule has 0 bridgehead atoms. The quantitative estimate of drug-likeness (QED) is 0.715. The van der Waals surface area contributed by atoms with E-state index in [9.17, 15) is 0 Å². The van der Waals surface area contributed by atoms with Crippen molar-refractivity contribution in [3.63, 3.8) is 0 Å². The SMILES string of the molecule is CC(C)(N)c1cc2ncncc2o1. The van der Waals surface area contributed by atoms with Crippen LogP contribution in [0.25, 0.3) is 11.1 Å². The van der Waals surface area contributed by atoms with Crippen molar-refractivity contribution in [3.8, 4) is 0 Å². The fraction of sp³-hybridized carbons (Fsp3) is 0.333. The van der Waals surface area contributed by atoms with Gasteiger partial charge in [0.05, 0.1) is 11.7 Å². The lowest BCUT2D eigenvalue weighted by Gasteiger charge is -2.13. The van der Waals surface area contributed by atoms with Crippen LogP contribution in [0.5, 0.6) is 0 Å². The van der Waals surface area contributed by atoms with Crippen molar-refractivity contribution in [1.82, 2.24) is 9.97 Å². The molecule has 0 amide bonds. The minimum absolute atomic E-state index is 0.472. The summed E-state index contributed by atoms with van der Waals surface area (Å²) in [4.78, 5) is 7.92. The van der Waals surface area contributed by atoms with Crippen LogP contribution in [0, 0.1) is 0 Å². The summed E-state index contributed by atoms with van der Waals surface area (Å²) in [6, 6.07) is 1.84. The third kappa shape index (κ3) is 1.40. The topological polar surface area (TPSA) is 64.9 Å². The molecule has 2 heterocycles. The Morgan fingerprint density at radius 2 is 2.23 bits per heavy atom. The molecule has 0 aliphatic heterocycles. The summed E-state index contributed by atoms with van der Waals surface area (Å²) in [5.74, 6) is 0.725. The maximum Gasteiger partial charge on any atom is 0.171 e. The summed E-state index contributed by atoms with van der Waals surface area (Å²) < 4.78 is 5.48. The molecule has 0 saturated heterocycles. The molecule has 0 spiro atoms. The van der Waals surface area contributed by atoms with Gasteiger partial charge in [0.2, 0.25) is 0 Å². The maximum absolute atomic E-state index is 5.88. The van der Waals surface area contributed by atoms with Gasteiger partial charge in [0.25, 0.3) is 0 Å². The summed E-state index contributed by atoms with van der Waals surface area (Å²) in [6.07, 6.45) is 3.13. The third-order valence-electron chi connectivity index (χ3n) is 1.83. The Hall–Kier alpha value is -1.42. The van der Waals surface area contributed by atoms with Crippen LogP contribution in [0.4, 0.5) is 0 Å². The van der Waals surface area contributed by atoms with Gasteiger partial charge in [0.15, 0.2) is 5.58 Å². The predicted octanol–water partition coefficient (Wildman–Crippen LogP) is 1.42. The zero-order valence-corrected chi connectivity index (χ0v) is 7.61. The van der Waals surface area contributed by atoms with Gasteiger partial charge in [-0.3, -0.25) is 0 Å². The molecule has 0 aliphatic rings. The Morgan fingerprint density at radius 3 is 2.85 bits per heavy atom.